The monoisotopic (exact) mass is 1160 g/mol. The first-order valence-electron chi connectivity index (χ1n) is 29.0. The van der Waals surface area contributed by atoms with Crippen LogP contribution in [0.1, 0.15) is 175 Å². The summed E-state index contributed by atoms with van der Waals surface area (Å²) < 4.78 is 0. The fraction of sp³-hybridized carbons (Fsp3) is 0.789. The molecule has 0 saturated carbocycles. The minimum absolute atomic E-state index is 0.0910. The molecule has 2 fully saturated rings. The Labute approximate surface area is 485 Å². The third-order valence-corrected chi connectivity index (χ3v) is 14.2. The molecular weight excluding hydrogens is 1060 g/mol. The van der Waals surface area contributed by atoms with Gasteiger partial charge in [0.15, 0.2) is 0 Å². The maximum atomic E-state index is 14.5. The van der Waals surface area contributed by atoms with Crippen molar-refractivity contribution >= 4 is 70.9 Å². The molecule has 0 bridgehead atoms. The van der Waals surface area contributed by atoms with Crippen molar-refractivity contribution in [3.8, 4) is 0 Å². The number of hydrogen-bond donors (Lipinski definition) is 11. The average molecular weight is 1160 g/mol. The lowest BCUT2D eigenvalue weighted by Gasteiger charge is -2.35. The molecule has 2 heterocycles. The second-order valence-electron chi connectivity index (χ2n) is 25.9. The molecule has 0 aromatic carbocycles. The summed E-state index contributed by atoms with van der Waals surface area (Å²) in [6, 6.07) is -8.73. The molecule has 12 amide bonds. The van der Waals surface area contributed by atoms with E-state index < -0.39 is 142 Å². The van der Waals surface area contributed by atoms with Gasteiger partial charge < -0.3 is 68.5 Å². The third-order valence-electron chi connectivity index (χ3n) is 14.2. The summed E-state index contributed by atoms with van der Waals surface area (Å²) in [7, 11) is 0. The minimum Gasteiger partial charge on any atom is -0.394 e. The van der Waals surface area contributed by atoms with E-state index in [0.29, 0.717) is 25.7 Å². The van der Waals surface area contributed by atoms with Crippen molar-refractivity contribution in [2.75, 3.05) is 19.7 Å². The Morgan fingerprint density at radius 2 is 0.878 bits per heavy atom. The number of carbonyl (C=O) groups excluding carboxylic acids is 12. The lowest BCUT2D eigenvalue weighted by atomic mass is 9.97. The minimum atomic E-state index is -1.66. The van der Waals surface area contributed by atoms with Gasteiger partial charge in [-0.25, -0.2) is 0 Å². The molecule has 2 rings (SSSR count). The van der Waals surface area contributed by atoms with Gasteiger partial charge in [0, 0.05) is 20.0 Å². The first kappa shape index (κ1) is 71.7. The molecule has 0 radical (unpaired) electrons. The summed E-state index contributed by atoms with van der Waals surface area (Å²) >= 11 is 0. The number of nitrogens with zero attached hydrogens (tertiary/aromatic N) is 2. The number of primary amides is 1. The SMILES string of the molecule is CC(=O)NC(C)(C)C(=O)NC(CC(N)=O)C(=O)NC(C(=O)NC(CC(C)C)C(=O)NC(C)(C)C(=O)N1CCCC1C(=O)NC(CC(C)C)C(=O)NC(CC(C)C)C(=O)NC(C)(C)C(=O)N1CCCC1C(=O)NC(CO)CC(C)C)C(C)C. The van der Waals surface area contributed by atoms with Crippen LogP contribution in [0.15, 0.2) is 0 Å². The Kier molecular flexibility index (Phi) is 27.4. The highest BCUT2D eigenvalue weighted by Gasteiger charge is 2.46. The number of carbonyl (C=O) groups is 12. The van der Waals surface area contributed by atoms with Crippen molar-refractivity contribution in [1.82, 2.24) is 57.7 Å². The molecule has 8 atom stereocenters. The number of rotatable bonds is 31. The van der Waals surface area contributed by atoms with E-state index in [1.54, 1.807) is 13.8 Å². The molecule has 25 heteroatoms. The van der Waals surface area contributed by atoms with Gasteiger partial charge in [-0.3, -0.25) is 57.5 Å². The highest BCUT2D eigenvalue weighted by molar-refractivity contribution is 6.01. The Balaban J connectivity index is 2.29. The van der Waals surface area contributed by atoms with Crippen LogP contribution in [0, 0.1) is 29.6 Å². The summed E-state index contributed by atoms with van der Waals surface area (Å²) in [6.07, 6.45) is 1.92. The lowest BCUT2D eigenvalue weighted by Crippen LogP contribution is -2.64. The van der Waals surface area contributed by atoms with E-state index >= 15 is 0 Å². The summed E-state index contributed by atoms with van der Waals surface area (Å²) in [5.41, 5.74) is 0.750. The van der Waals surface area contributed by atoms with E-state index in [4.69, 9.17) is 5.73 Å². The van der Waals surface area contributed by atoms with Crippen molar-refractivity contribution < 1.29 is 62.6 Å². The van der Waals surface area contributed by atoms with Crippen LogP contribution in [-0.2, 0) is 57.5 Å². The zero-order valence-corrected chi connectivity index (χ0v) is 51.8. The predicted molar refractivity (Wildman–Crippen MR) is 307 cm³/mol. The number of nitrogens with one attached hydrogen (secondary N) is 9. The smallest absolute Gasteiger partial charge is 0.248 e. The maximum absolute atomic E-state index is 14.5. The van der Waals surface area contributed by atoms with Gasteiger partial charge in [0.2, 0.25) is 70.9 Å². The predicted octanol–water partition coefficient (Wildman–Crippen LogP) is 0.290. The topological polar surface area (TPSA) is 366 Å². The van der Waals surface area contributed by atoms with Crippen LogP contribution in [0.5, 0.6) is 0 Å². The lowest BCUT2D eigenvalue weighted by molar-refractivity contribution is -0.146. The molecule has 0 aliphatic carbocycles. The first-order chi connectivity index (χ1) is 37.7. The van der Waals surface area contributed by atoms with Crippen LogP contribution in [-0.4, -0.2) is 170 Å². The van der Waals surface area contributed by atoms with Crippen molar-refractivity contribution in [2.45, 2.75) is 240 Å². The molecule has 12 N–H and O–H groups in total. The second kappa shape index (κ2) is 31.3. The quantitative estimate of drug-likeness (QED) is 0.0445. The molecule has 8 unspecified atom stereocenters. The number of aliphatic hydroxyl groups excluding tert-OH is 1. The van der Waals surface area contributed by atoms with Crippen LogP contribution >= 0.6 is 0 Å². The van der Waals surface area contributed by atoms with Gasteiger partial charge in [0.05, 0.1) is 19.1 Å². The zero-order chi connectivity index (χ0) is 62.9. The van der Waals surface area contributed by atoms with Crippen molar-refractivity contribution in [3.63, 3.8) is 0 Å². The molecule has 0 aromatic rings. The van der Waals surface area contributed by atoms with Gasteiger partial charge in [-0.2, -0.15) is 0 Å². The fourth-order valence-corrected chi connectivity index (χ4v) is 10.2. The first-order valence-corrected chi connectivity index (χ1v) is 29.0. The Morgan fingerprint density at radius 1 is 0.488 bits per heavy atom. The summed E-state index contributed by atoms with van der Waals surface area (Å²) in [6.45, 7) is 28.4. The van der Waals surface area contributed by atoms with Crippen LogP contribution < -0.4 is 53.6 Å². The number of nitrogens with two attached hydrogens (primary N) is 1. The van der Waals surface area contributed by atoms with Crippen LogP contribution in [0.2, 0.25) is 0 Å². The molecule has 2 aliphatic rings. The van der Waals surface area contributed by atoms with E-state index in [1.165, 1.54) is 58.3 Å². The van der Waals surface area contributed by atoms with E-state index in [0.717, 1.165) is 0 Å². The molecule has 82 heavy (non-hydrogen) atoms. The van der Waals surface area contributed by atoms with Crippen molar-refractivity contribution in [2.24, 2.45) is 35.3 Å². The van der Waals surface area contributed by atoms with E-state index in [1.807, 2.05) is 55.4 Å². The van der Waals surface area contributed by atoms with Crippen LogP contribution in [0.3, 0.4) is 0 Å². The molecule has 466 valence electrons. The summed E-state index contributed by atoms with van der Waals surface area (Å²) in [5.74, 6) is -8.98. The number of aliphatic hydroxyl groups is 1. The number of likely N-dealkylation sites (tertiary alicyclic amines) is 2. The normalized spacial score (nSPS) is 18.0. The van der Waals surface area contributed by atoms with Crippen molar-refractivity contribution in [1.29, 1.82) is 0 Å². The van der Waals surface area contributed by atoms with Gasteiger partial charge in [0.1, 0.15) is 58.9 Å². The highest BCUT2D eigenvalue weighted by atomic mass is 16.3. The van der Waals surface area contributed by atoms with Gasteiger partial charge in [-0.05, 0) is 122 Å². The largest absolute Gasteiger partial charge is 0.394 e. The molecule has 2 saturated heterocycles. The molecular formula is C57H100N12O13. The molecule has 0 spiro atoms. The Bertz CT molecular complexity index is 2300. The number of hydrogen-bond acceptors (Lipinski definition) is 13. The van der Waals surface area contributed by atoms with E-state index in [2.05, 4.69) is 47.9 Å². The standard InChI is InChI=1S/C57H100N12O13/c1-30(2)24-36(29-70)59-49(77)41-20-18-22-68(41)53(81)56(14,15)66-47(75)38(26-32(5)6)60-45(73)37(25-31(3)4)61-50(78)42-21-19-23-69(42)54(82)57(16,17)67-48(76)39(27-33(7)8)62-51(79)44(34(9)10)64-46(74)40(28-43(58)72)63-52(80)55(12,13)65-35(11)71/h30-34,36-42,44,70H,18-29H2,1-17H3,(H2,58,72)(H,59,77)(H,60,73)(H,61,78)(H,62,79)(H,63,80)(H,64,74)(H,65,71)(H,66,75)(H,67,76). The van der Waals surface area contributed by atoms with Gasteiger partial charge in [0.25, 0.3) is 0 Å². The van der Waals surface area contributed by atoms with Gasteiger partial charge >= 0.3 is 0 Å². The van der Waals surface area contributed by atoms with Crippen LogP contribution in [0.25, 0.3) is 0 Å². The number of amides is 12. The fourth-order valence-electron chi connectivity index (χ4n) is 10.2. The summed E-state index contributed by atoms with van der Waals surface area (Å²) in [5, 5.41) is 34.1. The molecule has 2 aliphatic heterocycles. The third kappa shape index (κ3) is 22.1. The van der Waals surface area contributed by atoms with Gasteiger partial charge in [-0.1, -0.05) is 69.2 Å². The summed E-state index contributed by atoms with van der Waals surface area (Å²) in [4.78, 5) is 166. The van der Waals surface area contributed by atoms with E-state index in [-0.39, 0.29) is 75.0 Å². The molecule has 25 nitrogen and oxygen atoms in total. The van der Waals surface area contributed by atoms with Gasteiger partial charge in [-0.15, -0.1) is 0 Å². The second-order valence-corrected chi connectivity index (χ2v) is 25.9. The Hall–Kier alpha value is -6.40. The highest BCUT2D eigenvalue weighted by Crippen LogP contribution is 2.25. The maximum Gasteiger partial charge on any atom is 0.248 e. The van der Waals surface area contributed by atoms with Crippen LogP contribution in [0.4, 0.5) is 0 Å². The average Bonchev–Trinajstić information content (AvgIpc) is 4.17. The van der Waals surface area contributed by atoms with Crippen molar-refractivity contribution in [3.05, 3.63) is 0 Å². The molecule has 0 aromatic heterocycles. The Morgan fingerprint density at radius 3 is 1.26 bits per heavy atom. The zero-order valence-electron chi connectivity index (χ0n) is 51.8. The van der Waals surface area contributed by atoms with E-state index in [9.17, 15) is 62.6 Å².